The normalized spacial score (nSPS) is 10.2. The Morgan fingerprint density at radius 2 is 1.71 bits per heavy atom. The highest BCUT2D eigenvalue weighted by molar-refractivity contribution is 6.13. The highest BCUT2D eigenvalue weighted by Crippen LogP contribution is 2.13. The van der Waals surface area contributed by atoms with Crippen LogP contribution in [0.1, 0.15) is 40.4 Å². The Hall–Kier alpha value is -2.56. The second-order valence-electron chi connectivity index (χ2n) is 4.42. The summed E-state index contributed by atoms with van der Waals surface area (Å²) in [5.41, 5.74) is 0.768. The van der Waals surface area contributed by atoms with E-state index in [1.165, 1.54) is 6.20 Å². The van der Waals surface area contributed by atoms with E-state index in [0.717, 1.165) is 0 Å². The highest BCUT2D eigenvalue weighted by atomic mass is 16.2. The van der Waals surface area contributed by atoms with Crippen molar-refractivity contribution in [2.24, 2.45) is 0 Å². The zero-order chi connectivity index (χ0) is 15.2. The topological polar surface area (TPSA) is 63.2 Å². The predicted octanol–water partition coefficient (Wildman–Crippen LogP) is 2.19. The summed E-state index contributed by atoms with van der Waals surface area (Å²) in [7, 11) is 0. The lowest BCUT2D eigenvalue weighted by atomic mass is 10.0. The SMILES string of the molecule is CCN(CC)C(=O)c1ncccc1C(=O)c1ccccn1. The maximum atomic E-state index is 12.5. The van der Waals surface area contributed by atoms with Crippen LogP contribution in [0.25, 0.3) is 0 Å². The van der Waals surface area contributed by atoms with Gasteiger partial charge in [-0.1, -0.05) is 6.07 Å². The Morgan fingerprint density at radius 1 is 1.00 bits per heavy atom. The van der Waals surface area contributed by atoms with Gasteiger partial charge >= 0.3 is 0 Å². The summed E-state index contributed by atoms with van der Waals surface area (Å²) in [6, 6.07) is 8.36. The molecule has 108 valence electrons. The largest absolute Gasteiger partial charge is 0.338 e. The molecule has 0 radical (unpaired) electrons. The van der Waals surface area contributed by atoms with Crippen LogP contribution >= 0.6 is 0 Å². The first-order valence-corrected chi connectivity index (χ1v) is 6.89. The Kier molecular flexibility index (Phi) is 4.77. The average Bonchev–Trinajstić information content (AvgIpc) is 2.56. The lowest BCUT2D eigenvalue weighted by Crippen LogP contribution is -2.32. The van der Waals surface area contributed by atoms with Gasteiger partial charge in [-0.25, -0.2) is 0 Å². The highest BCUT2D eigenvalue weighted by Gasteiger charge is 2.22. The molecule has 0 N–H and O–H groups in total. The van der Waals surface area contributed by atoms with Gasteiger partial charge in [0.2, 0.25) is 5.78 Å². The number of nitrogens with zero attached hydrogens (tertiary/aromatic N) is 3. The summed E-state index contributed by atoms with van der Waals surface area (Å²) in [5.74, 6) is -0.529. The zero-order valence-electron chi connectivity index (χ0n) is 12.1. The van der Waals surface area contributed by atoms with E-state index < -0.39 is 0 Å². The second kappa shape index (κ2) is 6.74. The molecule has 5 nitrogen and oxygen atoms in total. The van der Waals surface area contributed by atoms with Crippen LogP contribution in [0.15, 0.2) is 42.7 Å². The number of aromatic nitrogens is 2. The fourth-order valence-electron chi connectivity index (χ4n) is 2.05. The fourth-order valence-corrected chi connectivity index (χ4v) is 2.05. The van der Waals surface area contributed by atoms with Crippen molar-refractivity contribution in [3.05, 3.63) is 59.7 Å². The van der Waals surface area contributed by atoms with E-state index in [1.807, 2.05) is 13.8 Å². The molecule has 0 fully saturated rings. The Bertz CT molecular complexity index is 637. The average molecular weight is 283 g/mol. The van der Waals surface area contributed by atoms with Crippen LogP contribution < -0.4 is 0 Å². The van der Waals surface area contributed by atoms with Crippen LogP contribution in [-0.4, -0.2) is 39.6 Å². The van der Waals surface area contributed by atoms with Crippen molar-refractivity contribution in [3.63, 3.8) is 0 Å². The van der Waals surface area contributed by atoms with Gasteiger partial charge in [-0.2, -0.15) is 0 Å². The third-order valence-electron chi connectivity index (χ3n) is 3.20. The summed E-state index contributed by atoms with van der Waals surface area (Å²) in [5, 5.41) is 0. The molecule has 0 saturated heterocycles. The van der Waals surface area contributed by atoms with Crippen molar-refractivity contribution in [3.8, 4) is 0 Å². The van der Waals surface area contributed by atoms with E-state index >= 15 is 0 Å². The molecule has 2 aromatic heterocycles. The fraction of sp³-hybridized carbons (Fsp3) is 0.250. The van der Waals surface area contributed by atoms with E-state index in [-0.39, 0.29) is 22.9 Å². The molecule has 0 atom stereocenters. The van der Waals surface area contributed by atoms with Crippen LogP contribution in [0.4, 0.5) is 0 Å². The molecule has 0 aliphatic heterocycles. The van der Waals surface area contributed by atoms with Crippen LogP contribution in [0.3, 0.4) is 0 Å². The monoisotopic (exact) mass is 283 g/mol. The van der Waals surface area contributed by atoms with Gasteiger partial charge in [-0.15, -0.1) is 0 Å². The molecule has 0 unspecified atom stereocenters. The zero-order valence-corrected chi connectivity index (χ0v) is 12.1. The Labute approximate surface area is 123 Å². The quantitative estimate of drug-likeness (QED) is 0.789. The smallest absolute Gasteiger partial charge is 0.273 e. The van der Waals surface area contributed by atoms with Crippen LogP contribution in [-0.2, 0) is 0 Å². The lowest BCUT2D eigenvalue weighted by molar-refractivity contribution is 0.0762. The number of amides is 1. The standard InChI is InChI=1S/C16H17N3O2/c1-3-19(4-2)16(21)14-12(8-7-11-18-14)15(20)13-9-5-6-10-17-13/h5-11H,3-4H2,1-2H3. The summed E-state index contributed by atoms with van der Waals surface area (Å²) in [4.78, 5) is 34.7. The second-order valence-corrected chi connectivity index (χ2v) is 4.42. The van der Waals surface area contributed by atoms with E-state index in [0.29, 0.717) is 18.8 Å². The molecule has 2 heterocycles. The van der Waals surface area contributed by atoms with Gasteiger partial charge in [0.05, 0.1) is 5.56 Å². The van der Waals surface area contributed by atoms with Gasteiger partial charge in [-0.05, 0) is 38.1 Å². The molecule has 0 aromatic carbocycles. The van der Waals surface area contributed by atoms with Crippen molar-refractivity contribution in [1.82, 2.24) is 14.9 Å². The van der Waals surface area contributed by atoms with Crippen molar-refractivity contribution in [2.75, 3.05) is 13.1 Å². The number of carbonyl (C=O) groups is 2. The minimum atomic E-state index is -0.292. The van der Waals surface area contributed by atoms with Gasteiger partial charge in [0.25, 0.3) is 5.91 Å². The number of hydrogen-bond donors (Lipinski definition) is 0. The molecule has 0 bridgehead atoms. The predicted molar refractivity (Wildman–Crippen MR) is 79.2 cm³/mol. The number of ketones is 1. The summed E-state index contributed by atoms with van der Waals surface area (Å²) in [6.45, 7) is 4.93. The molecule has 2 aromatic rings. The summed E-state index contributed by atoms with van der Waals surface area (Å²) < 4.78 is 0. The van der Waals surface area contributed by atoms with E-state index in [9.17, 15) is 9.59 Å². The third kappa shape index (κ3) is 3.13. The van der Waals surface area contributed by atoms with Crippen molar-refractivity contribution < 1.29 is 9.59 Å². The number of hydrogen-bond acceptors (Lipinski definition) is 4. The molecule has 21 heavy (non-hydrogen) atoms. The van der Waals surface area contributed by atoms with Gasteiger partial charge in [0, 0.05) is 25.5 Å². The molecule has 0 spiro atoms. The first kappa shape index (κ1) is 14.8. The molecule has 2 rings (SSSR count). The van der Waals surface area contributed by atoms with Crippen LogP contribution in [0, 0.1) is 0 Å². The van der Waals surface area contributed by atoms with Gasteiger partial charge < -0.3 is 4.90 Å². The minimum absolute atomic E-state index is 0.178. The minimum Gasteiger partial charge on any atom is -0.338 e. The van der Waals surface area contributed by atoms with Gasteiger partial charge in [0.1, 0.15) is 11.4 Å². The molecule has 1 amide bonds. The first-order valence-electron chi connectivity index (χ1n) is 6.89. The Morgan fingerprint density at radius 3 is 2.33 bits per heavy atom. The number of carbonyl (C=O) groups excluding carboxylic acids is 2. The van der Waals surface area contributed by atoms with E-state index in [2.05, 4.69) is 9.97 Å². The summed E-state index contributed by atoms with van der Waals surface area (Å²) in [6.07, 6.45) is 3.07. The van der Waals surface area contributed by atoms with Crippen LogP contribution in [0.2, 0.25) is 0 Å². The van der Waals surface area contributed by atoms with E-state index in [4.69, 9.17) is 0 Å². The molecular weight excluding hydrogens is 266 g/mol. The van der Waals surface area contributed by atoms with Crippen molar-refractivity contribution in [1.29, 1.82) is 0 Å². The number of pyridine rings is 2. The van der Waals surface area contributed by atoms with E-state index in [1.54, 1.807) is 41.4 Å². The maximum absolute atomic E-state index is 12.5. The lowest BCUT2D eigenvalue weighted by Gasteiger charge is -2.19. The van der Waals surface area contributed by atoms with Gasteiger partial charge in [0.15, 0.2) is 0 Å². The first-order chi connectivity index (χ1) is 10.2. The molecule has 0 aliphatic rings. The molecule has 5 heteroatoms. The molecule has 0 aliphatic carbocycles. The number of rotatable bonds is 5. The Balaban J connectivity index is 2.42. The molecule has 0 saturated carbocycles. The van der Waals surface area contributed by atoms with Gasteiger partial charge in [-0.3, -0.25) is 19.6 Å². The maximum Gasteiger partial charge on any atom is 0.273 e. The van der Waals surface area contributed by atoms with Crippen molar-refractivity contribution in [2.45, 2.75) is 13.8 Å². The van der Waals surface area contributed by atoms with Crippen LogP contribution in [0.5, 0.6) is 0 Å². The van der Waals surface area contributed by atoms with Crippen molar-refractivity contribution >= 4 is 11.7 Å². The molecular formula is C16H17N3O2. The third-order valence-corrected chi connectivity index (χ3v) is 3.20. The summed E-state index contributed by atoms with van der Waals surface area (Å²) >= 11 is 0.